The number of H-pyrrole nitrogens is 1. The minimum atomic E-state index is -3.09. The number of nitrogens with one attached hydrogen (secondary N) is 1. The van der Waals surface area contributed by atoms with E-state index in [9.17, 15) is 8.78 Å². The van der Waals surface area contributed by atoms with Gasteiger partial charge in [-0.3, -0.25) is 0 Å². The van der Waals surface area contributed by atoms with E-state index in [2.05, 4.69) is 20.4 Å². The number of hydrogen-bond acceptors (Lipinski definition) is 4. The molecule has 0 aliphatic carbocycles. The molecule has 0 spiro atoms. The van der Waals surface area contributed by atoms with Crippen molar-refractivity contribution < 1.29 is 13.9 Å². The van der Waals surface area contributed by atoms with Crippen molar-refractivity contribution in [3.63, 3.8) is 0 Å². The maximum Gasteiger partial charge on any atom is 0.277 e. The van der Waals surface area contributed by atoms with Crippen LogP contribution < -0.4 is 0 Å². The van der Waals surface area contributed by atoms with Crippen LogP contribution in [0.1, 0.15) is 12.0 Å². The molecule has 2 aromatic heterocycles. The summed E-state index contributed by atoms with van der Waals surface area (Å²) in [6, 6.07) is 1.21. The zero-order valence-corrected chi connectivity index (χ0v) is 7.61. The lowest BCUT2D eigenvalue weighted by molar-refractivity contribution is -0.0271. The van der Waals surface area contributed by atoms with Crippen LogP contribution >= 0.6 is 0 Å². The van der Waals surface area contributed by atoms with Gasteiger partial charge in [0.2, 0.25) is 5.65 Å². The van der Waals surface area contributed by atoms with Crippen molar-refractivity contribution in [1.29, 1.82) is 0 Å². The van der Waals surface area contributed by atoms with Gasteiger partial charge in [0.05, 0.1) is 0 Å². The summed E-state index contributed by atoms with van der Waals surface area (Å²) in [4.78, 5) is 3.72. The molecule has 0 fully saturated rings. The fraction of sp³-hybridized carbons (Fsp3) is 0.375. The molecule has 15 heavy (non-hydrogen) atoms. The molecule has 2 N–H and O–H groups in total. The van der Waals surface area contributed by atoms with Gasteiger partial charge in [-0.15, -0.1) is 5.10 Å². The molecule has 2 aromatic rings. The van der Waals surface area contributed by atoms with E-state index in [-0.39, 0.29) is 11.1 Å². The lowest BCUT2D eigenvalue weighted by Crippen LogP contribution is -2.15. The normalized spacial score (nSPS) is 12.2. The van der Waals surface area contributed by atoms with E-state index < -0.39 is 19.0 Å². The van der Waals surface area contributed by atoms with Gasteiger partial charge < -0.3 is 5.11 Å². The number of alkyl halides is 2. The molecule has 0 atom stereocenters. The maximum absolute atomic E-state index is 13.3. The number of halogens is 2. The van der Waals surface area contributed by atoms with Crippen molar-refractivity contribution in [2.45, 2.75) is 12.3 Å². The highest BCUT2D eigenvalue weighted by Crippen LogP contribution is 2.31. The third-order valence-electron chi connectivity index (χ3n) is 2.02. The van der Waals surface area contributed by atoms with Crippen LogP contribution in [0, 0.1) is 0 Å². The Morgan fingerprint density at radius 3 is 2.93 bits per heavy atom. The number of aromatic amines is 1. The van der Waals surface area contributed by atoms with Gasteiger partial charge in [0.25, 0.3) is 5.92 Å². The molecule has 0 amide bonds. The minimum Gasteiger partial charge on any atom is -0.396 e. The summed E-state index contributed by atoms with van der Waals surface area (Å²) in [6.45, 7) is -0.580. The molecule has 80 valence electrons. The van der Waals surface area contributed by atoms with Crippen LogP contribution in [0.5, 0.6) is 0 Å². The van der Waals surface area contributed by atoms with E-state index >= 15 is 0 Å². The molecule has 2 rings (SSSR count). The Hall–Kier alpha value is -1.63. The maximum atomic E-state index is 13.3. The monoisotopic (exact) mass is 214 g/mol. The second kappa shape index (κ2) is 3.50. The summed E-state index contributed by atoms with van der Waals surface area (Å²) in [5, 5.41) is 18.1. The van der Waals surface area contributed by atoms with Gasteiger partial charge in [-0.1, -0.05) is 0 Å². The zero-order valence-electron chi connectivity index (χ0n) is 7.61. The van der Waals surface area contributed by atoms with Crippen LogP contribution in [0.2, 0.25) is 0 Å². The number of pyridine rings is 1. The van der Waals surface area contributed by atoms with Crippen molar-refractivity contribution in [1.82, 2.24) is 20.4 Å². The highest BCUT2D eigenvalue weighted by atomic mass is 19.3. The fourth-order valence-corrected chi connectivity index (χ4v) is 1.23. The first kappa shape index (κ1) is 9.91. The molecule has 0 saturated heterocycles. The molecule has 5 nitrogen and oxygen atoms in total. The summed E-state index contributed by atoms with van der Waals surface area (Å²) in [7, 11) is 0. The van der Waals surface area contributed by atoms with Gasteiger partial charge in [0.1, 0.15) is 5.52 Å². The molecule has 7 heteroatoms. The summed E-state index contributed by atoms with van der Waals surface area (Å²) >= 11 is 0. The molecular formula is C8H8F2N4O. The molecule has 0 radical (unpaired) electrons. The number of aliphatic hydroxyl groups excluding tert-OH is 1. The first-order chi connectivity index (χ1) is 7.13. The van der Waals surface area contributed by atoms with E-state index in [0.717, 1.165) is 6.20 Å². The molecular weight excluding hydrogens is 206 g/mol. The summed E-state index contributed by atoms with van der Waals surface area (Å²) in [6.07, 6.45) is 0.415. The first-order valence-corrected chi connectivity index (χ1v) is 4.29. The van der Waals surface area contributed by atoms with Gasteiger partial charge in [-0.2, -0.15) is 10.3 Å². The van der Waals surface area contributed by atoms with Gasteiger partial charge in [0, 0.05) is 24.8 Å². The first-order valence-electron chi connectivity index (χ1n) is 4.29. The number of hydrogen-bond donors (Lipinski definition) is 2. The number of aliphatic hydroxyl groups is 1. The van der Waals surface area contributed by atoms with Crippen LogP contribution in [0.25, 0.3) is 11.2 Å². The van der Waals surface area contributed by atoms with Gasteiger partial charge in [0.15, 0.2) is 0 Å². The Morgan fingerprint density at radius 1 is 1.40 bits per heavy atom. The Morgan fingerprint density at radius 2 is 2.20 bits per heavy atom. The quantitative estimate of drug-likeness (QED) is 0.793. The molecule has 2 heterocycles. The lowest BCUT2D eigenvalue weighted by atomic mass is 10.1. The predicted octanol–water partition coefficient (Wildman–Crippen LogP) is 0.827. The Balaban J connectivity index is 2.42. The summed E-state index contributed by atoms with van der Waals surface area (Å²) in [5.41, 5.74) is 0.307. The van der Waals surface area contributed by atoms with E-state index in [1.807, 2.05) is 0 Å². The Kier molecular flexibility index (Phi) is 2.31. The summed E-state index contributed by atoms with van der Waals surface area (Å²) < 4.78 is 26.7. The topological polar surface area (TPSA) is 74.7 Å². The van der Waals surface area contributed by atoms with E-state index in [0.29, 0.717) is 5.65 Å². The van der Waals surface area contributed by atoms with E-state index in [1.54, 1.807) is 0 Å². The van der Waals surface area contributed by atoms with Crippen LogP contribution in [0.15, 0.2) is 12.3 Å². The van der Waals surface area contributed by atoms with Crippen molar-refractivity contribution in [2.24, 2.45) is 0 Å². The van der Waals surface area contributed by atoms with E-state index in [1.165, 1.54) is 6.07 Å². The van der Waals surface area contributed by atoms with Gasteiger partial charge >= 0.3 is 0 Å². The SMILES string of the molecule is OCCC(F)(F)c1cnc2n[nH]nc2c1. The van der Waals surface area contributed by atoms with E-state index in [4.69, 9.17) is 5.11 Å². The number of aromatic nitrogens is 4. The molecule has 0 aliphatic rings. The van der Waals surface area contributed by atoms with Gasteiger partial charge in [-0.05, 0) is 6.07 Å². The number of fused-ring (bicyclic) bond motifs is 1. The Bertz CT molecular complexity index is 470. The predicted molar refractivity (Wildman–Crippen MR) is 47.3 cm³/mol. The second-order valence-electron chi connectivity index (χ2n) is 3.07. The largest absolute Gasteiger partial charge is 0.396 e. The third kappa shape index (κ3) is 1.78. The van der Waals surface area contributed by atoms with Crippen LogP contribution in [-0.2, 0) is 5.92 Å². The lowest BCUT2D eigenvalue weighted by Gasteiger charge is -2.14. The third-order valence-corrected chi connectivity index (χ3v) is 2.02. The van der Waals surface area contributed by atoms with Crippen molar-refractivity contribution in [2.75, 3.05) is 6.61 Å². The number of nitrogens with zero attached hydrogens (tertiary/aromatic N) is 3. The minimum absolute atomic E-state index is 0.266. The summed E-state index contributed by atoms with van der Waals surface area (Å²) in [5.74, 6) is -3.09. The van der Waals surface area contributed by atoms with Crippen molar-refractivity contribution >= 4 is 11.2 Å². The highest BCUT2D eigenvalue weighted by Gasteiger charge is 2.31. The van der Waals surface area contributed by atoms with Crippen molar-refractivity contribution in [3.05, 3.63) is 17.8 Å². The average molecular weight is 214 g/mol. The molecule has 0 saturated carbocycles. The van der Waals surface area contributed by atoms with Crippen LogP contribution in [-0.4, -0.2) is 32.1 Å². The van der Waals surface area contributed by atoms with Gasteiger partial charge in [-0.25, -0.2) is 13.8 Å². The Labute approximate surface area is 83.1 Å². The van der Waals surface area contributed by atoms with Crippen LogP contribution in [0.3, 0.4) is 0 Å². The fourth-order valence-electron chi connectivity index (χ4n) is 1.23. The molecule has 0 unspecified atom stereocenters. The smallest absolute Gasteiger partial charge is 0.277 e. The molecule has 0 bridgehead atoms. The standard InChI is InChI=1S/C8H8F2N4O/c9-8(10,1-2-15)5-3-6-7(11-4-5)13-14-12-6/h3-4,15H,1-2H2,(H,11,12,13,14). The number of rotatable bonds is 3. The van der Waals surface area contributed by atoms with Crippen LogP contribution in [0.4, 0.5) is 8.78 Å². The second-order valence-corrected chi connectivity index (χ2v) is 3.07. The zero-order chi connectivity index (χ0) is 10.9. The van der Waals surface area contributed by atoms with Crippen molar-refractivity contribution in [3.8, 4) is 0 Å². The molecule has 0 aliphatic heterocycles. The molecule has 0 aromatic carbocycles. The average Bonchev–Trinajstić information content (AvgIpc) is 2.63. The highest BCUT2D eigenvalue weighted by molar-refractivity contribution is 5.69.